The number of likely N-dealkylation sites (N-methyl/N-ethyl adjacent to an activating group) is 1. The van der Waals surface area contributed by atoms with Crippen LogP contribution in [0.1, 0.15) is 10.4 Å². The van der Waals surface area contributed by atoms with Crippen molar-refractivity contribution in [2.24, 2.45) is 0 Å². The molecule has 0 unspecified atom stereocenters. The predicted molar refractivity (Wildman–Crippen MR) is 121 cm³/mol. The van der Waals surface area contributed by atoms with Gasteiger partial charge < -0.3 is 25.0 Å². The fraction of sp³-hybridized carbons (Fsp3) is 0.0870. The van der Waals surface area contributed by atoms with Crippen LogP contribution in [0.25, 0.3) is 22.2 Å². The van der Waals surface area contributed by atoms with Crippen molar-refractivity contribution in [3.63, 3.8) is 0 Å². The molecular formula is C23H19N5O5. The van der Waals surface area contributed by atoms with E-state index in [0.717, 1.165) is 22.2 Å². The molecule has 3 N–H and O–H groups in total. The fourth-order valence-electron chi connectivity index (χ4n) is 3.46. The van der Waals surface area contributed by atoms with E-state index in [9.17, 15) is 9.59 Å². The van der Waals surface area contributed by atoms with Gasteiger partial charge in [0.15, 0.2) is 6.61 Å². The lowest BCUT2D eigenvalue weighted by molar-refractivity contribution is -0.123. The zero-order valence-electron chi connectivity index (χ0n) is 17.5. The van der Waals surface area contributed by atoms with Gasteiger partial charge in [-0.3, -0.25) is 19.4 Å². The normalized spacial score (nSPS) is 12.3. The zero-order chi connectivity index (χ0) is 23.4. The van der Waals surface area contributed by atoms with E-state index in [1.165, 1.54) is 4.90 Å². The number of rotatable bonds is 3. The molecule has 166 valence electrons. The van der Waals surface area contributed by atoms with Gasteiger partial charge in [0.05, 0.1) is 29.2 Å². The quantitative estimate of drug-likeness (QED) is 0.412. The summed E-state index contributed by atoms with van der Waals surface area (Å²) in [7, 11) is 1.70. The van der Waals surface area contributed by atoms with Crippen LogP contribution in [0.2, 0.25) is 0 Å². The number of carboxylic acid groups (broad SMARTS) is 1. The largest absolute Gasteiger partial charge is 0.483 e. The van der Waals surface area contributed by atoms with Crippen molar-refractivity contribution >= 4 is 40.7 Å². The highest BCUT2D eigenvalue weighted by Crippen LogP contribution is 2.34. The van der Waals surface area contributed by atoms with Gasteiger partial charge in [0.2, 0.25) is 0 Å². The maximum Gasteiger partial charge on any atom is 0.290 e. The van der Waals surface area contributed by atoms with Crippen molar-refractivity contribution in [1.29, 1.82) is 0 Å². The molecule has 10 heteroatoms. The molecule has 5 rings (SSSR count). The third-order valence-electron chi connectivity index (χ3n) is 5.07. The molecule has 2 amide bonds. The molecular weight excluding hydrogens is 426 g/mol. The van der Waals surface area contributed by atoms with Crippen LogP contribution in [0.4, 0.5) is 11.4 Å². The van der Waals surface area contributed by atoms with Crippen molar-refractivity contribution in [2.45, 2.75) is 0 Å². The molecule has 3 heterocycles. The molecule has 10 nitrogen and oxygen atoms in total. The molecule has 0 radical (unpaired) electrons. The number of aromatic nitrogens is 3. The molecule has 0 spiro atoms. The number of carbonyl (C=O) groups is 3. The van der Waals surface area contributed by atoms with Crippen molar-refractivity contribution in [3.05, 3.63) is 66.7 Å². The first kappa shape index (κ1) is 21.5. The molecule has 0 aliphatic carbocycles. The predicted octanol–water partition coefficient (Wildman–Crippen LogP) is 2.93. The Balaban J connectivity index is 0.000000821. The number of nitrogens with one attached hydrogen (secondary N) is 2. The molecule has 2 aromatic heterocycles. The maximum absolute atomic E-state index is 12.8. The second kappa shape index (κ2) is 9.18. The summed E-state index contributed by atoms with van der Waals surface area (Å²) in [4.78, 5) is 46.1. The zero-order valence-corrected chi connectivity index (χ0v) is 17.5. The first-order chi connectivity index (χ1) is 16.0. The van der Waals surface area contributed by atoms with Crippen LogP contribution in [-0.2, 0) is 9.59 Å². The van der Waals surface area contributed by atoms with E-state index >= 15 is 0 Å². The highest BCUT2D eigenvalue weighted by molar-refractivity contribution is 6.06. The average molecular weight is 445 g/mol. The van der Waals surface area contributed by atoms with Crippen molar-refractivity contribution < 1.29 is 24.2 Å². The minimum Gasteiger partial charge on any atom is -0.483 e. The summed E-state index contributed by atoms with van der Waals surface area (Å²) in [6.07, 6.45) is 5.07. The number of fused-ring (bicyclic) bond motifs is 2. The average Bonchev–Trinajstić information content (AvgIpc) is 3.31. The summed E-state index contributed by atoms with van der Waals surface area (Å²) >= 11 is 0. The Morgan fingerprint density at radius 2 is 2.06 bits per heavy atom. The topological polar surface area (TPSA) is 138 Å². The Labute approximate surface area is 187 Å². The Bertz CT molecular complexity index is 1350. The molecule has 0 saturated carbocycles. The molecule has 1 aliphatic rings. The number of benzene rings is 2. The minimum absolute atomic E-state index is 0.0181. The summed E-state index contributed by atoms with van der Waals surface area (Å²) in [5, 5.41) is 9.77. The summed E-state index contributed by atoms with van der Waals surface area (Å²) in [6, 6.07) is 12.5. The van der Waals surface area contributed by atoms with E-state index in [0.29, 0.717) is 22.7 Å². The third kappa shape index (κ3) is 4.35. The van der Waals surface area contributed by atoms with E-state index < -0.39 is 0 Å². The van der Waals surface area contributed by atoms with Gasteiger partial charge in [0.1, 0.15) is 5.75 Å². The number of amides is 2. The Morgan fingerprint density at radius 1 is 1.24 bits per heavy atom. The highest BCUT2D eigenvalue weighted by atomic mass is 16.5. The van der Waals surface area contributed by atoms with Crippen LogP contribution < -0.4 is 15.0 Å². The molecule has 4 aromatic rings. The number of hydrogen-bond acceptors (Lipinski definition) is 6. The number of ether oxygens (including phenoxy) is 1. The lowest BCUT2D eigenvalue weighted by Gasteiger charge is -2.26. The van der Waals surface area contributed by atoms with Crippen LogP contribution in [0, 0.1) is 0 Å². The van der Waals surface area contributed by atoms with Gasteiger partial charge in [-0.2, -0.15) is 0 Å². The minimum atomic E-state index is -0.251. The molecule has 2 aromatic carbocycles. The smallest absolute Gasteiger partial charge is 0.290 e. The van der Waals surface area contributed by atoms with Crippen LogP contribution in [-0.4, -0.2) is 52.0 Å². The van der Waals surface area contributed by atoms with Crippen molar-refractivity contribution in [1.82, 2.24) is 15.0 Å². The first-order valence-electron chi connectivity index (χ1n) is 9.82. The number of aromatic amines is 1. The summed E-state index contributed by atoms with van der Waals surface area (Å²) < 4.78 is 5.48. The van der Waals surface area contributed by atoms with Crippen LogP contribution >= 0.6 is 0 Å². The molecule has 0 saturated heterocycles. The summed E-state index contributed by atoms with van der Waals surface area (Å²) in [5.74, 6) is 0.191. The van der Waals surface area contributed by atoms with Gasteiger partial charge in [-0.15, -0.1) is 0 Å². The monoisotopic (exact) mass is 445 g/mol. The second-order valence-electron chi connectivity index (χ2n) is 7.05. The number of hydrogen-bond donors (Lipinski definition) is 3. The lowest BCUT2D eigenvalue weighted by atomic mass is 10.0. The lowest BCUT2D eigenvalue weighted by Crippen LogP contribution is -2.35. The molecule has 0 bridgehead atoms. The molecule has 0 atom stereocenters. The molecule has 1 aliphatic heterocycles. The number of H-pyrrole nitrogens is 1. The van der Waals surface area contributed by atoms with Gasteiger partial charge in [0.25, 0.3) is 18.3 Å². The number of nitrogens with zero attached hydrogens (tertiary/aromatic N) is 3. The fourth-order valence-corrected chi connectivity index (χ4v) is 3.46. The van der Waals surface area contributed by atoms with E-state index in [2.05, 4.69) is 20.3 Å². The van der Waals surface area contributed by atoms with Gasteiger partial charge in [-0.25, -0.2) is 4.98 Å². The Kier molecular flexibility index (Phi) is 5.98. The van der Waals surface area contributed by atoms with Crippen LogP contribution in [0.5, 0.6) is 5.75 Å². The van der Waals surface area contributed by atoms with E-state index in [1.807, 2.05) is 18.2 Å². The van der Waals surface area contributed by atoms with Gasteiger partial charge >= 0.3 is 0 Å². The standard InChI is InChI=1S/C22H17N5O3.CH2O2/c1-27-18-6-5-15(8-19(18)30-11-20(27)28)26-22(29)14-4-2-3-13(7-14)16-9-23-10-17-21(16)25-12-24-17;2-1-3/h2-10,12H,11H2,1H3,(H,24,25)(H,26,29);1H,(H,2,3). The number of pyridine rings is 1. The van der Waals surface area contributed by atoms with Crippen molar-refractivity contribution in [3.8, 4) is 16.9 Å². The number of imidazole rings is 1. The molecule has 33 heavy (non-hydrogen) atoms. The maximum atomic E-state index is 12.8. The van der Waals surface area contributed by atoms with Gasteiger partial charge in [-0.1, -0.05) is 12.1 Å². The number of anilines is 2. The van der Waals surface area contributed by atoms with E-state index in [-0.39, 0.29) is 24.9 Å². The van der Waals surface area contributed by atoms with Gasteiger partial charge in [0, 0.05) is 36.1 Å². The number of carbonyl (C=O) groups excluding carboxylic acids is 2. The van der Waals surface area contributed by atoms with E-state index in [1.54, 1.807) is 50.0 Å². The Morgan fingerprint density at radius 3 is 2.88 bits per heavy atom. The first-order valence-corrected chi connectivity index (χ1v) is 9.82. The third-order valence-corrected chi connectivity index (χ3v) is 5.07. The summed E-state index contributed by atoms with van der Waals surface area (Å²) in [5.41, 5.74) is 5.09. The van der Waals surface area contributed by atoms with Crippen molar-refractivity contribution in [2.75, 3.05) is 23.9 Å². The second-order valence-corrected chi connectivity index (χ2v) is 7.05. The van der Waals surface area contributed by atoms with Crippen LogP contribution in [0.3, 0.4) is 0 Å². The van der Waals surface area contributed by atoms with Gasteiger partial charge in [-0.05, 0) is 29.8 Å². The Hall–Kier alpha value is -4.73. The molecule has 0 fully saturated rings. The highest BCUT2D eigenvalue weighted by Gasteiger charge is 2.22. The van der Waals surface area contributed by atoms with E-state index in [4.69, 9.17) is 14.6 Å². The summed E-state index contributed by atoms with van der Waals surface area (Å²) in [6.45, 7) is -0.268. The SMILES string of the molecule is CN1C(=O)COc2cc(NC(=O)c3cccc(-c4cncc5[nH]cnc45)c3)ccc21.O=CO. The van der Waals surface area contributed by atoms with Crippen LogP contribution in [0.15, 0.2) is 61.2 Å².